The monoisotopic (exact) mass is 280 g/mol. The van der Waals surface area contributed by atoms with Crippen molar-refractivity contribution >= 4 is 5.97 Å². The maximum atomic E-state index is 11.3. The predicted octanol–water partition coefficient (Wildman–Crippen LogP) is 3.17. The fourth-order valence-electron chi connectivity index (χ4n) is 2.06. The molecule has 0 unspecified atom stereocenters. The molecule has 0 atom stereocenters. The normalized spacial score (nSPS) is 10.3. The van der Waals surface area contributed by atoms with E-state index in [1.165, 1.54) is 0 Å². The second-order valence-corrected chi connectivity index (χ2v) is 4.44. The van der Waals surface area contributed by atoms with Crippen molar-refractivity contribution in [1.29, 1.82) is 0 Å². The number of para-hydroxylation sites is 1. The first-order valence-electron chi connectivity index (χ1n) is 6.35. The van der Waals surface area contributed by atoms with Crippen molar-refractivity contribution in [2.24, 2.45) is 0 Å². The zero-order valence-electron chi connectivity index (χ0n) is 11.0. The summed E-state index contributed by atoms with van der Waals surface area (Å²) in [6.45, 7) is 0. The van der Waals surface area contributed by atoms with Gasteiger partial charge in [-0.2, -0.15) is 10.4 Å². The Kier molecular flexibility index (Phi) is 3.49. The molecular formula is C16H12N2O3. The van der Waals surface area contributed by atoms with Crippen LogP contribution in [0, 0.1) is 0 Å². The van der Waals surface area contributed by atoms with Gasteiger partial charge in [-0.15, -0.1) is 0 Å². The average Bonchev–Trinajstić information content (AvgIpc) is 3.05. The first-order valence-corrected chi connectivity index (χ1v) is 6.35. The summed E-state index contributed by atoms with van der Waals surface area (Å²) in [5, 5.41) is 12.9. The molecule has 2 aromatic carbocycles. The molecular weight excluding hydrogens is 268 g/mol. The van der Waals surface area contributed by atoms with Gasteiger partial charge in [0, 0.05) is 11.8 Å². The van der Waals surface area contributed by atoms with Gasteiger partial charge in [0.05, 0.1) is 16.9 Å². The summed E-state index contributed by atoms with van der Waals surface area (Å²) < 4.78 is 1.76. The summed E-state index contributed by atoms with van der Waals surface area (Å²) in [7, 11) is 0. The van der Waals surface area contributed by atoms with Crippen LogP contribution in [0.15, 0.2) is 66.9 Å². The predicted molar refractivity (Wildman–Crippen MR) is 77.0 cm³/mol. The fraction of sp³-hybridized carbons (Fsp3) is 0. The summed E-state index contributed by atoms with van der Waals surface area (Å²) >= 11 is 0. The third-order valence-electron chi connectivity index (χ3n) is 3.09. The summed E-state index contributed by atoms with van der Waals surface area (Å²) in [4.78, 5) is 15.1. The zero-order chi connectivity index (χ0) is 14.7. The molecule has 0 amide bonds. The fourth-order valence-corrected chi connectivity index (χ4v) is 2.06. The number of hydrogen-bond donors (Lipinski definition) is 1. The summed E-state index contributed by atoms with van der Waals surface area (Å²) in [5.74, 6) is -0.792. The molecule has 0 aliphatic rings. The topological polar surface area (TPSA) is 64.3 Å². The van der Waals surface area contributed by atoms with Crippen molar-refractivity contribution in [3.05, 3.63) is 72.4 Å². The molecule has 0 spiro atoms. The van der Waals surface area contributed by atoms with E-state index >= 15 is 0 Å². The first kappa shape index (κ1) is 13.1. The SMILES string of the molecule is O=C(OO)c1cccc(-c2ccn(-c3ccccc3)n2)c1. The largest absolute Gasteiger partial charge is 0.372 e. The van der Waals surface area contributed by atoms with Crippen LogP contribution in [-0.4, -0.2) is 21.0 Å². The van der Waals surface area contributed by atoms with E-state index < -0.39 is 5.97 Å². The average molecular weight is 280 g/mol. The minimum Gasteiger partial charge on any atom is -0.296 e. The molecule has 1 N–H and O–H groups in total. The molecule has 0 aliphatic heterocycles. The van der Waals surface area contributed by atoms with Gasteiger partial charge in [0.1, 0.15) is 0 Å². The van der Waals surface area contributed by atoms with Gasteiger partial charge in [-0.05, 0) is 30.3 Å². The van der Waals surface area contributed by atoms with Crippen LogP contribution in [0.5, 0.6) is 0 Å². The van der Waals surface area contributed by atoms with Gasteiger partial charge in [-0.3, -0.25) is 4.89 Å². The highest BCUT2D eigenvalue weighted by atomic mass is 17.1. The quantitative estimate of drug-likeness (QED) is 0.591. The Morgan fingerprint density at radius 3 is 2.62 bits per heavy atom. The Balaban J connectivity index is 1.95. The number of carbonyl (C=O) groups excluding carboxylic acids is 1. The molecule has 0 saturated heterocycles. The molecule has 5 heteroatoms. The minimum absolute atomic E-state index is 0.268. The Bertz CT molecular complexity index is 766. The van der Waals surface area contributed by atoms with E-state index in [-0.39, 0.29) is 5.56 Å². The van der Waals surface area contributed by atoms with Gasteiger partial charge in [0.2, 0.25) is 0 Å². The highest BCUT2D eigenvalue weighted by Gasteiger charge is 2.10. The lowest BCUT2D eigenvalue weighted by atomic mass is 10.1. The van der Waals surface area contributed by atoms with E-state index in [0.29, 0.717) is 0 Å². The molecule has 1 heterocycles. The molecule has 0 fully saturated rings. The van der Waals surface area contributed by atoms with Gasteiger partial charge < -0.3 is 0 Å². The zero-order valence-corrected chi connectivity index (χ0v) is 11.0. The second-order valence-electron chi connectivity index (χ2n) is 4.44. The smallest absolute Gasteiger partial charge is 0.296 e. The molecule has 21 heavy (non-hydrogen) atoms. The highest BCUT2D eigenvalue weighted by molar-refractivity contribution is 5.90. The number of nitrogens with zero attached hydrogens (tertiary/aromatic N) is 2. The van der Waals surface area contributed by atoms with Gasteiger partial charge in [-0.25, -0.2) is 9.48 Å². The van der Waals surface area contributed by atoms with Crippen molar-refractivity contribution in [1.82, 2.24) is 9.78 Å². The van der Waals surface area contributed by atoms with Gasteiger partial charge in [-0.1, -0.05) is 30.3 Å². The lowest BCUT2D eigenvalue weighted by molar-refractivity contribution is -0.182. The van der Waals surface area contributed by atoms with Crippen LogP contribution < -0.4 is 0 Å². The van der Waals surface area contributed by atoms with Crippen molar-refractivity contribution < 1.29 is 14.9 Å². The molecule has 0 aliphatic carbocycles. The third kappa shape index (κ3) is 2.68. The summed E-state index contributed by atoms with van der Waals surface area (Å²) in [6.07, 6.45) is 1.85. The van der Waals surface area contributed by atoms with Crippen LogP contribution >= 0.6 is 0 Å². The maximum absolute atomic E-state index is 11.3. The Morgan fingerprint density at radius 1 is 1.05 bits per heavy atom. The summed E-state index contributed by atoms with van der Waals surface area (Å²) in [5.41, 5.74) is 2.72. The van der Waals surface area contributed by atoms with Crippen LogP contribution in [0.2, 0.25) is 0 Å². The van der Waals surface area contributed by atoms with Crippen molar-refractivity contribution in [3.8, 4) is 16.9 Å². The lowest BCUT2D eigenvalue weighted by Crippen LogP contribution is -2.01. The van der Waals surface area contributed by atoms with E-state index in [1.807, 2.05) is 48.7 Å². The van der Waals surface area contributed by atoms with Gasteiger partial charge in [0.15, 0.2) is 0 Å². The molecule has 0 radical (unpaired) electrons. The third-order valence-corrected chi connectivity index (χ3v) is 3.09. The van der Waals surface area contributed by atoms with Crippen LogP contribution in [-0.2, 0) is 4.89 Å². The van der Waals surface area contributed by atoms with Gasteiger partial charge >= 0.3 is 5.97 Å². The lowest BCUT2D eigenvalue weighted by Gasteiger charge is -2.02. The Morgan fingerprint density at radius 2 is 1.86 bits per heavy atom. The van der Waals surface area contributed by atoms with Crippen LogP contribution in [0.1, 0.15) is 10.4 Å². The van der Waals surface area contributed by atoms with Crippen molar-refractivity contribution in [2.75, 3.05) is 0 Å². The van der Waals surface area contributed by atoms with E-state index in [9.17, 15) is 4.79 Å². The molecule has 3 rings (SSSR count). The standard InChI is InChI=1S/C16H12N2O3/c19-16(21-20)13-6-4-5-12(11-13)15-9-10-18(17-15)14-7-2-1-3-8-14/h1-11,20H. The molecule has 0 saturated carbocycles. The number of aromatic nitrogens is 2. The number of rotatable bonds is 3. The minimum atomic E-state index is -0.792. The van der Waals surface area contributed by atoms with Crippen molar-refractivity contribution in [3.63, 3.8) is 0 Å². The first-order chi connectivity index (χ1) is 10.3. The second kappa shape index (κ2) is 5.60. The van der Waals surface area contributed by atoms with E-state index in [4.69, 9.17) is 5.26 Å². The van der Waals surface area contributed by atoms with Crippen LogP contribution in [0.25, 0.3) is 16.9 Å². The van der Waals surface area contributed by atoms with Crippen LogP contribution in [0.3, 0.4) is 0 Å². The van der Waals surface area contributed by atoms with E-state index in [0.717, 1.165) is 16.9 Å². The van der Waals surface area contributed by atoms with E-state index in [1.54, 1.807) is 22.9 Å². The molecule has 3 aromatic rings. The molecule has 5 nitrogen and oxygen atoms in total. The maximum Gasteiger partial charge on any atom is 0.372 e. The molecule has 104 valence electrons. The highest BCUT2D eigenvalue weighted by Crippen LogP contribution is 2.20. The Labute approximate surface area is 121 Å². The Hall–Kier alpha value is -2.92. The summed E-state index contributed by atoms with van der Waals surface area (Å²) in [6, 6.07) is 18.3. The number of hydrogen-bond acceptors (Lipinski definition) is 4. The van der Waals surface area contributed by atoms with Crippen LogP contribution in [0.4, 0.5) is 0 Å². The van der Waals surface area contributed by atoms with Gasteiger partial charge in [0.25, 0.3) is 0 Å². The van der Waals surface area contributed by atoms with Crippen molar-refractivity contribution in [2.45, 2.75) is 0 Å². The number of carbonyl (C=O) groups is 1. The molecule has 0 bridgehead atoms. The molecule has 1 aromatic heterocycles. The number of benzene rings is 2. The van der Waals surface area contributed by atoms with E-state index in [2.05, 4.69) is 9.99 Å².